The lowest BCUT2D eigenvalue weighted by molar-refractivity contribution is 0.352. The first kappa shape index (κ1) is 19.2. The second kappa shape index (κ2) is 7.57. The van der Waals surface area contributed by atoms with Gasteiger partial charge in [0.05, 0.1) is 0 Å². The first-order valence-electron chi connectivity index (χ1n) is 8.92. The Morgan fingerprint density at radius 2 is 1.26 bits per heavy atom. The van der Waals surface area contributed by atoms with Crippen LogP contribution in [0.4, 0.5) is 0 Å². The second-order valence-corrected chi connectivity index (χ2v) is 9.14. The van der Waals surface area contributed by atoms with Crippen LogP contribution in [0.3, 0.4) is 0 Å². The van der Waals surface area contributed by atoms with Gasteiger partial charge in [-0.1, -0.05) is 87.5 Å². The average molecular weight is 381 g/mol. The van der Waals surface area contributed by atoms with Crippen molar-refractivity contribution >= 4 is 10.1 Å². The first-order valence-corrected chi connectivity index (χ1v) is 10.3. The van der Waals surface area contributed by atoms with E-state index in [1.807, 2.05) is 30.3 Å². The molecule has 0 N–H and O–H groups in total. The largest absolute Gasteiger partial charge is 0.379 e. The van der Waals surface area contributed by atoms with Gasteiger partial charge in [-0.25, -0.2) is 0 Å². The number of para-hydroxylation sites is 1. The molecule has 0 saturated carbocycles. The van der Waals surface area contributed by atoms with Gasteiger partial charge in [0, 0.05) is 11.5 Å². The summed E-state index contributed by atoms with van der Waals surface area (Å²) < 4.78 is 31.1. The SMILES string of the molecule is CC(C)(C)C(c1ccccc1)c1ccccc1OS(=O)(=O)c1ccccc1. The summed E-state index contributed by atoms with van der Waals surface area (Å²) in [5.41, 5.74) is 1.85. The molecule has 3 aromatic carbocycles. The molecule has 3 aromatic rings. The summed E-state index contributed by atoms with van der Waals surface area (Å²) in [5.74, 6) is 0.353. The Balaban J connectivity index is 2.08. The van der Waals surface area contributed by atoms with Crippen LogP contribution in [0.15, 0.2) is 89.8 Å². The molecule has 3 nitrogen and oxygen atoms in total. The molecule has 0 aliphatic heterocycles. The van der Waals surface area contributed by atoms with E-state index in [1.54, 1.807) is 30.3 Å². The predicted octanol–water partition coefficient (Wildman–Crippen LogP) is 5.63. The van der Waals surface area contributed by atoms with Crippen LogP contribution in [0.5, 0.6) is 5.75 Å². The lowest BCUT2D eigenvalue weighted by atomic mass is 9.72. The van der Waals surface area contributed by atoms with Crippen molar-refractivity contribution in [2.75, 3.05) is 0 Å². The smallest absolute Gasteiger partial charge is 0.339 e. The van der Waals surface area contributed by atoms with Crippen molar-refractivity contribution in [3.63, 3.8) is 0 Å². The molecule has 0 fully saturated rings. The number of rotatable bonds is 5. The molecule has 0 saturated heterocycles. The monoisotopic (exact) mass is 380 g/mol. The minimum absolute atomic E-state index is 0.0131. The van der Waals surface area contributed by atoms with E-state index < -0.39 is 10.1 Å². The van der Waals surface area contributed by atoms with Gasteiger partial charge < -0.3 is 4.18 Å². The summed E-state index contributed by atoms with van der Waals surface area (Å²) in [4.78, 5) is 0.145. The maximum atomic E-state index is 12.7. The van der Waals surface area contributed by atoms with Gasteiger partial charge >= 0.3 is 10.1 Å². The van der Waals surface area contributed by atoms with Crippen LogP contribution in [0.25, 0.3) is 0 Å². The third-order valence-electron chi connectivity index (χ3n) is 4.46. The van der Waals surface area contributed by atoms with E-state index >= 15 is 0 Å². The van der Waals surface area contributed by atoms with E-state index in [0.717, 1.165) is 11.1 Å². The Bertz CT molecular complexity index is 989. The van der Waals surface area contributed by atoms with Crippen LogP contribution in [-0.2, 0) is 10.1 Å². The molecule has 1 unspecified atom stereocenters. The fourth-order valence-corrected chi connectivity index (χ4v) is 4.31. The molecule has 3 rings (SSSR count). The second-order valence-electron chi connectivity index (χ2n) is 7.60. The van der Waals surface area contributed by atoms with Crippen molar-refractivity contribution < 1.29 is 12.6 Å². The van der Waals surface area contributed by atoms with Crippen LogP contribution >= 0.6 is 0 Å². The maximum absolute atomic E-state index is 12.7. The zero-order valence-electron chi connectivity index (χ0n) is 15.8. The Morgan fingerprint density at radius 3 is 1.85 bits per heavy atom. The molecule has 140 valence electrons. The summed E-state index contributed by atoms with van der Waals surface area (Å²) in [7, 11) is -3.90. The fourth-order valence-electron chi connectivity index (χ4n) is 3.34. The van der Waals surface area contributed by atoms with Gasteiger partial charge in [0.15, 0.2) is 0 Å². The van der Waals surface area contributed by atoms with Crippen molar-refractivity contribution in [2.45, 2.75) is 31.6 Å². The van der Waals surface area contributed by atoms with E-state index in [1.165, 1.54) is 12.1 Å². The average Bonchev–Trinajstić information content (AvgIpc) is 2.64. The van der Waals surface area contributed by atoms with E-state index in [0.29, 0.717) is 5.75 Å². The van der Waals surface area contributed by atoms with Crippen LogP contribution in [-0.4, -0.2) is 8.42 Å². The summed E-state index contributed by atoms with van der Waals surface area (Å²) in [6, 6.07) is 25.7. The fraction of sp³-hybridized carbons (Fsp3) is 0.217. The van der Waals surface area contributed by atoms with Gasteiger partial charge in [0.25, 0.3) is 0 Å². The van der Waals surface area contributed by atoms with Crippen molar-refractivity contribution in [3.8, 4) is 5.75 Å². The molecule has 0 aromatic heterocycles. The topological polar surface area (TPSA) is 43.4 Å². The molecule has 1 atom stereocenters. The van der Waals surface area contributed by atoms with Crippen LogP contribution < -0.4 is 4.18 Å². The molecule has 0 radical (unpaired) electrons. The molecule has 0 aliphatic carbocycles. The molecule has 0 heterocycles. The maximum Gasteiger partial charge on any atom is 0.339 e. The van der Waals surface area contributed by atoms with Crippen molar-refractivity contribution in [1.82, 2.24) is 0 Å². The number of hydrogen-bond acceptors (Lipinski definition) is 3. The lowest BCUT2D eigenvalue weighted by Crippen LogP contribution is -2.21. The predicted molar refractivity (Wildman–Crippen MR) is 108 cm³/mol. The molecule has 4 heteroatoms. The van der Waals surface area contributed by atoms with E-state index in [-0.39, 0.29) is 16.2 Å². The number of benzene rings is 3. The van der Waals surface area contributed by atoms with E-state index in [9.17, 15) is 8.42 Å². The zero-order chi connectivity index (χ0) is 19.5. The zero-order valence-corrected chi connectivity index (χ0v) is 16.6. The molecular formula is C23H24O3S. The summed E-state index contributed by atoms with van der Waals surface area (Å²) in [6.45, 7) is 6.44. The summed E-state index contributed by atoms with van der Waals surface area (Å²) >= 11 is 0. The molecular weight excluding hydrogens is 356 g/mol. The highest BCUT2D eigenvalue weighted by Crippen LogP contribution is 2.44. The number of hydrogen-bond donors (Lipinski definition) is 0. The summed E-state index contributed by atoms with van der Waals surface area (Å²) in [6.07, 6.45) is 0. The van der Waals surface area contributed by atoms with Gasteiger partial charge in [-0.15, -0.1) is 0 Å². The molecule has 0 aliphatic rings. The molecule has 0 amide bonds. The third kappa shape index (κ3) is 4.40. The van der Waals surface area contributed by atoms with E-state index in [4.69, 9.17) is 4.18 Å². The van der Waals surface area contributed by atoms with Crippen LogP contribution in [0.2, 0.25) is 0 Å². The lowest BCUT2D eigenvalue weighted by Gasteiger charge is -2.32. The Hall–Kier alpha value is -2.59. The van der Waals surface area contributed by atoms with Gasteiger partial charge in [0.2, 0.25) is 0 Å². The highest BCUT2D eigenvalue weighted by Gasteiger charge is 2.31. The molecule has 27 heavy (non-hydrogen) atoms. The van der Waals surface area contributed by atoms with Crippen LogP contribution in [0, 0.1) is 5.41 Å². The van der Waals surface area contributed by atoms with Gasteiger partial charge in [0.1, 0.15) is 10.6 Å². The van der Waals surface area contributed by atoms with Crippen LogP contribution in [0.1, 0.15) is 37.8 Å². The Kier molecular flexibility index (Phi) is 5.38. The quantitative estimate of drug-likeness (QED) is 0.539. The van der Waals surface area contributed by atoms with Gasteiger partial charge in [-0.3, -0.25) is 0 Å². The van der Waals surface area contributed by atoms with Crippen molar-refractivity contribution in [1.29, 1.82) is 0 Å². The third-order valence-corrected chi connectivity index (χ3v) is 5.71. The summed E-state index contributed by atoms with van der Waals surface area (Å²) in [5, 5.41) is 0. The highest BCUT2D eigenvalue weighted by atomic mass is 32.2. The molecule has 0 bridgehead atoms. The van der Waals surface area contributed by atoms with Crippen molar-refractivity contribution in [3.05, 3.63) is 96.1 Å². The highest BCUT2D eigenvalue weighted by molar-refractivity contribution is 7.87. The minimum Gasteiger partial charge on any atom is -0.379 e. The Labute approximate surface area is 161 Å². The van der Waals surface area contributed by atoms with Gasteiger partial charge in [-0.2, -0.15) is 8.42 Å². The minimum atomic E-state index is -3.90. The molecule has 0 spiro atoms. The standard InChI is InChI=1S/C23H24O3S/c1-23(2,3)22(18-12-6-4-7-13-18)20-16-10-11-17-21(20)26-27(24,25)19-14-8-5-9-15-19/h4-17,22H,1-3H3. The van der Waals surface area contributed by atoms with E-state index in [2.05, 4.69) is 32.9 Å². The van der Waals surface area contributed by atoms with Crippen molar-refractivity contribution in [2.24, 2.45) is 5.41 Å². The Morgan fingerprint density at radius 1 is 0.741 bits per heavy atom. The normalized spacial score (nSPS) is 13.1. The first-order chi connectivity index (χ1) is 12.8. The van der Waals surface area contributed by atoms with Gasteiger partial charge in [-0.05, 0) is 29.2 Å².